The third-order valence-corrected chi connectivity index (χ3v) is 8.52. The average molecular weight is 604 g/mol. The molecule has 0 N–H and O–H groups in total. The molecule has 0 unspecified atom stereocenters. The van der Waals surface area contributed by atoms with E-state index in [1.54, 1.807) is 12.5 Å². The van der Waals surface area contributed by atoms with Gasteiger partial charge in [-0.05, 0) is 64.2 Å². The number of aromatic nitrogens is 5. The molecule has 0 saturated heterocycles. The molecule has 0 spiro atoms. The van der Waals surface area contributed by atoms with Gasteiger partial charge in [0.15, 0.2) is 5.58 Å². The Morgan fingerprint density at radius 1 is 0.468 bits per heavy atom. The van der Waals surface area contributed by atoms with Gasteiger partial charge in [0.1, 0.15) is 17.5 Å². The largest absolute Gasteiger partial charge is 0.434 e. The van der Waals surface area contributed by atoms with Crippen molar-refractivity contribution in [3.05, 3.63) is 152 Å². The first-order valence-corrected chi connectivity index (χ1v) is 15.4. The molecule has 0 radical (unpaired) electrons. The summed E-state index contributed by atoms with van der Waals surface area (Å²) in [6.07, 6.45) is 5.24. The molecule has 4 aromatic carbocycles. The van der Waals surface area contributed by atoms with Gasteiger partial charge in [-0.25, -0.2) is 19.9 Å². The highest BCUT2D eigenvalue weighted by Crippen LogP contribution is 2.36. The van der Waals surface area contributed by atoms with Gasteiger partial charge in [-0.3, -0.25) is 4.98 Å². The number of rotatable bonds is 5. The lowest BCUT2D eigenvalue weighted by molar-refractivity contribution is 0.652. The van der Waals surface area contributed by atoms with Crippen molar-refractivity contribution in [1.82, 2.24) is 24.9 Å². The Bertz CT molecular complexity index is 2560. The average Bonchev–Trinajstić information content (AvgIpc) is 3.53. The highest BCUT2D eigenvalue weighted by molar-refractivity contribution is 6.06. The van der Waals surface area contributed by atoms with E-state index in [-0.39, 0.29) is 0 Å². The van der Waals surface area contributed by atoms with E-state index in [4.69, 9.17) is 14.4 Å². The molecule has 9 aromatic rings. The van der Waals surface area contributed by atoms with Gasteiger partial charge in [0.05, 0.1) is 22.3 Å². The molecule has 0 amide bonds. The van der Waals surface area contributed by atoms with E-state index in [2.05, 4.69) is 118 Å². The first kappa shape index (κ1) is 26.8. The summed E-state index contributed by atoms with van der Waals surface area (Å²) in [5.41, 5.74) is 12.8. The molecule has 0 bridgehead atoms. The van der Waals surface area contributed by atoms with Crippen molar-refractivity contribution in [3.8, 4) is 56.0 Å². The van der Waals surface area contributed by atoms with Crippen LogP contribution in [0.25, 0.3) is 89.1 Å². The van der Waals surface area contributed by atoms with Gasteiger partial charge in [-0.1, -0.05) is 97.1 Å². The molecule has 220 valence electrons. The van der Waals surface area contributed by atoms with Crippen molar-refractivity contribution in [1.29, 1.82) is 0 Å². The molecule has 0 atom stereocenters. The molecule has 9 rings (SSSR count). The van der Waals surface area contributed by atoms with Gasteiger partial charge in [0.25, 0.3) is 0 Å². The topological polar surface area (TPSA) is 77.6 Å². The van der Waals surface area contributed by atoms with Gasteiger partial charge >= 0.3 is 0 Å². The van der Waals surface area contributed by atoms with E-state index in [9.17, 15) is 0 Å². The third-order valence-electron chi connectivity index (χ3n) is 8.52. The predicted molar refractivity (Wildman–Crippen MR) is 187 cm³/mol. The molecular formula is C41H25N5O. The Labute approximate surface area is 270 Å². The van der Waals surface area contributed by atoms with Crippen molar-refractivity contribution in [3.63, 3.8) is 0 Å². The minimum Gasteiger partial charge on any atom is -0.434 e. The Morgan fingerprint density at radius 3 is 2.04 bits per heavy atom. The van der Waals surface area contributed by atoms with Crippen LogP contribution in [0, 0.1) is 0 Å². The van der Waals surface area contributed by atoms with Crippen LogP contribution in [0.2, 0.25) is 0 Å². The molecule has 0 aliphatic heterocycles. The maximum Gasteiger partial charge on any atom is 0.229 e. The highest BCUT2D eigenvalue weighted by atomic mass is 16.3. The second-order valence-corrected chi connectivity index (χ2v) is 11.4. The van der Waals surface area contributed by atoms with Gasteiger partial charge in [-0.2, -0.15) is 0 Å². The molecule has 5 aromatic heterocycles. The number of furan rings is 1. The lowest BCUT2D eigenvalue weighted by Crippen LogP contribution is -1.89. The van der Waals surface area contributed by atoms with Crippen LogP contribution in [0.15, 0.2) is 157 Å². The fourth-order valence-corrected chi connectivity index (χ4v) is 6.11. The quantitative estimate of drug-likeness (QED) is 0.195. The second kappa shape index (κ2) is 11.1. The van der Waals surface area contributed by atoms with Gasteiger partial charge in [0, 0.05) is 28.9 Å². The van der Waals surface area contributed by atoms with E-state index in [0.29, 0.717) is 11.3 Å². The molecule has 0 saturated carbocycles. The Morgan fingerprint density at radius 2 is 1.19 bits per heavy atom. The van der Waals surface area contributed by atoms with Crippen LogP contribution in [0.3, 0.4) is 0 Å². The standard InChI is InChI=1S/C41H25N5O/c1-2-7-26(8-3-1)30-9-6-10-31(21-30)33-22-34-39-40(47-41(34)43-24-33)38(44-25-45-39)29-15-12-27(13-16-29)32-17-14-28-18-19-36(46-37(28)23-32)35-11-4-5-20-42-35/h1-25H. The minimum absolute atomic E-state index is 0.537. The summed E-state index contributed by atoms with van der Waals surface area (Å²) in [4.78, 5) is 23.3. The van der Waals surface area contributed by atoms with E-state index in [1.165, 1.54) is 5.56 Å². The van der Waals surface area contributed by atoms with Crippen LogP contribution in [-0.4, -0.2) is 24.9 Å². The van der Waals surface area contributed by atoms with E-state index in [0.717, 1.165) is 72.3 Å². The zero-order chi connectivity index (χ0) is 31.2. The highest BCUT2D eigenvalue weighted by Gasteiger charge is 2.17. The maximum absolute atomic E-state index is 6.28. The number of hydrogen-bond acceptors (Lipinski definition) is 6. The molecule has 5 heterocycles. The lowest BCUT2D eigenvalue weighted by Gasteiger charge is -2.07. The van der Waals surface area contributed by atoms with Crippen LogP contribution >= 0.6 is 0 Å². The summed E-state index contributed by atoms with van der Waals surface area (Å²) in [5.74, 6) is 0. The van der Waals surface area contributed by atoms with Gasteiger partial charge in [0.2, 0.25) is 5.71 Å². The first-order valence-electron chi connectivity index (χ1n) is 15.4. The number of benzene rings is 4. The van der Waals surface area contributed by atoms with E-state index in [1.807, 2.05) is 36.5 Å². The predicted octanol–water partition coefficient (Wildman–Crippen LogP) is 10.0. The van der Waals surface area contributed by atoms with Crippen molar-refractivity contribution < 1.29 is 4.42 Å². The van der Waals surface area contributed by atoms with E-state index < -0.39 is 0 Å². The fourth-order valence-electron chi connectivity index (χ4n) is 6.11. The maximum atomic E-state index is 6.28. The summed E-state index contributed by atoms with van der Waals surface area (Å²) in [7, 11) is 0. The van der Waals surface area contributed by atoms with Crippen molar-refractivity contribution >= 4 is 33.1 Å². The van der Waals surface area contributed by atoms with E-state index >= 15 is 0 Å². The fraction of sp³-hybridized carbons (Fsp3) is 0. The number of pyridine rings is 3. The zero-order valence-corrected chi connectivity index (χ0v) is 25.1. The Kier molecular flexibility index (Phi) is 6.35. The van der Waals surface area contributed by atoms with Gasteiger partial charge < -0.3 is 4.42 Å². The molecule has 6 heteroatoms. The molecule has 0 aliphatic rings. The van der Waals surface area contributed by atoms with Crippen molar-refractivity contribution in [2.75, 3.05) is 0 Å². The van der Waals surface area contributed by atoms with Crippen LogP contribution in [-0.2, 0) is 0 Å². The summed E-state index contributed by atoms with van der Waals surface area (Å²) in [5, 5.41) is 1.94. The zero-order valence-electron chi connectivity index (χ0n) is 25.1. The summed E-state index contributed by atoms with van der Waals surface area (Å²) in [6.45, 7) is 0. The van der Waals surface area contributed by atoms with Crippen LogP contribution in [0.5, 0.6) is 0 Å². The summed E-state index contributed by atoms with van der Waals surface area (Å²) >= 11 is 0. The van der Waals surface area contributed by atoms with Crippen LogP contribution < -0.4 is 0 Å². The summed E-state index contributed by atoms with van der Waals surface area (Å²) < 4.78 is 6.28. The smallest absolute Gasteiger partial charge is 0.229 e. The van der Waals surface area contributed by atoms with Crippen molar-refractivity contribution in [2.45, 2.75) is 0 Å². The minimum atomic E-state index is 0.537. The third kappa shape index (κ3) is 4.89. The molecule has 6 nitrogen and oxygen atoms in total. The molecular weight excluding hydrogens is 578 g/mol. The number of hydrogen-bond donors (Lipinski definition) is 0. The SMILES string of the molecule is c1ccc(-c2cccc(-c3cnc4oc5c(-c6ccc(-c7ccc8ccc(-c9ccccn9)nc8c7)cc6)ncnc5c4c3)c2)cc1. The normalized spacial score (nSPS) is 11.4. The summed E-state index contributed by atoms with van der Waals surface area (Å²) in [6, 6.07) is 45.6. The Hall–Kier alpha value is -6.53. The van der Waals surface area contributed by atoms with Crippen LogP contribution in [0.1, 0.15) is 0 Å². The Balaban J connectivity index is 1.05. The molecule has 0 fully saturated rings. The number of nitrogens with zero attached hydrogens (tertiary/aromatic N) is 5. The lowest BCUT2D eigenvalue weighted by atomic mass is 9.99. The molecule has 0 aliphatic carbocycles. The second-order valence-electron chi connectivity index (χ2n) is 11.4. The first-order chi connectivity index (χ1) is 23.3. The molecule has 47 heavy (non-hydrogen) atoms. The van der Waals surface area contributed by atoms with Gasteiger partial charge in [-0.15, -0.1) is 0 Å². The van der Waals surface area contributed by atoms with Crippen LogP contribution in [0.4, 0.5) is 0 Å². The number of fused-ring (bicyclic) bond motifs is 4. The van der Waals surface area contributed by atoms with Crippen molar-refractivity contribution in [2.24, 2.45) is 0 Å². The monoisotopic (exact) mass is 603 g/mol.